The van der Waals surface area contributed by atoms with Crippen LogP contribution in [-0.4, -0.2) is 35.9 Å². The van der Waals surface area contributed by atoms with Crippen LogP contribution >= 0.6 is 0 Å². The predicted molar refractivity (Wildman–Crippen MR) is 99.0 cm³/mol. The van der Waals surface area contributed by atoms with Crippen molar-refractivity contribution < 1.29 is 0 Å². The highest BCUT2D eigenvalue weighted by Gasteiger charge is 2.31. The molecule has 0 amide bonds. The molecular formula is C20H29N3. The minimum Gasteiger partial charge on any atom is -0.342 e. The Morgan fingerprint density at radius 3 is 2.48 bits per heavy atom. The molecule has 2 aliphatic rings. The summed E-state index contributed by atoms with van der Waals surface area (Å²) in [4.78, 5) is 9.66. The molecule has 0 spiro atoms. The van der Waals surface area contributed by atoms with Gasteiger partial charge in [-0.25, -0.2) is 4.99 Å². The number of rotatable bonds is 1. The highest BCUT2D eigenvalue weighted by molar-refractivity contribution is 5.97. The lowest BCUT2D eigenvalue weighted by Crippen LogP contribution is -2.47. The minimum atomic E-state index is 0.449. The molecule has 3 rings (SSSR count). The third-order valence-corrected chi connectivity index (χ3v) is 5.34. The van der Waals surface area contributed by atoms with Gasteiger partial charge in [0.2, 0.25) is 5.96 Å². The Balaban J connectivity index is 2.01. The fourth-order valence-corrected chi connectivity index (χ4v) is 3.55. The summed E-state index contributed by atoms with van der Waals surface area (Å²) >= 11 is 0. The van der Waals surface area contributed by atoms with Gasteiger partial charge in [-0.15, -0.1) is 0 Å². The van der Waals surface area contributed by atoms with Crippen molar-refractivity contribution in [3.05, 3.63) is 35.4 Å². The van der Waals surface area contributed by atoms with Crippen LogP contribution in [-0.2, 0) is 6.42 Å². The lowest BCUT2D eigenvalue weighted by Gasteiger charge is -2.42. The zero-order valence-corrected chi connectivity index (χ0v) is 15.2. The Kier molecular flexibility index (Phi) is 3.99. The molecule has 0 N–H and O–H groups in total. The molecule has 124 valence electrons. The van der Waals surface area contributed by atoms with Crippen LogP contribution in [0.25, 0.3) is 5.70 Å². The molecule has 0 aromatic heterocycles. The third-order valence-electron chi connectivity index (χ3n) is 5.34. The molecule has 0 aliphatic carbocycles. The highest BCUT2D eigenvalue weighted by atomic mass is 15.4. The standard InChI is InChI=1S/C20H29N3/c1-7-16-12-14(2)13-17-15(3)22(6)19(21-18(16)17)23-10-8-20(4,5)9-11-23/h12-13H,3,7-11H2,1-2,4-6H3. The van der Waals surface area contributed by atoms with Crippen molar-refractivity contribution in [1.29, 1.82) is 0 Å². The second kappa shape index (κ2) is 5.70. The summed E-state index contributed by atoms with van der Waals surface area (Å²) in [5.74, 6) is 1.07. The number of piperidine rings is 1. The molecule has 0 atom stereocenters. The van der Waals surface area contributed by atoms with Crippen molar-refractivity contribution in [2.45, 2.75) is 47.0 Å². The Bertz CT molecular complexity index is 660. The van der Waals surface area contributed by atoms with Gasteiger partial charge in [0.15, 0.2) is 0 Å². The van der Waals surface area contributed by atoms with Gasteiger partial charge in [-0.05, 0) is 43.2 Å². The predicted octanol–water partition coefficient (Wildman–Crippen LogP) is 4.58. The number of aryl methyl sites for hydroxylation is 2. The third kappa shape index (κ3) is 2.89. The van der Waals surface area contributed by atoms with Crippen LogP contribution in [0.2, 0.25) is 0 Å². The van der Waals surface area contributed by atoms with Gasteiger partial charge >= 0.3 is 0 Å². The number of fused-ring (bicyclic) bond motifs is 1. The lowest BCUT2D eigenvalue weighted by molar-refractivity contribution is 0.180. The quantitative estimate of drug-likeness (QED) is 0.756. The van der Waals surface area contributed by atoms with Crippen molar-refractivity contribution >= 4 is 17.3 Å². The van der Waals surface area contributed by atoms with Gasteiger partial charge in [0, 0.05) is 31.4 Å². The Hall–Kier alpha value is -1.77. The number of hydrogen-bond donors (Lipinski definition) is 0. The fourth-order valence-electron chi connectivity index (χ4n) is 3.55. The zero-order chi connectivity index (χ0) is 16.8. The van der Waals surface area contributed by atoms with E-state index in [4.69, 9.17) is 4.99 Å². The topological polar surface area (TPSA) is 18.8 Å². The summed E-state index contributed by atoms with van der Waals surface area (Å²) in [7, 11) is 2.10. The van der Waals surface area contributed by atoms with Crippen LogP contribution in [0.3, 0.4) is 0 Å². The molecule has 3 nitrogen and oxygen atoms in total. The van der Waals surface area contributed by atoms with Crippen LogP contribution in [0.4, 0.5) is 5.69 Å². The molecule has 0 radical (unpaired) electrons. The Morgan fingerprint density at radius 1 is 1.22 bits per heavy atom. The van der Waals surface area contributed by atoms with E-state index in [0.717, 1.165) is 36.9 Å². The van der Waals surface area contributed by atoms with Crippen LogP contribution in [0.5, 0.6) is 0 Å². The van der Waals surface area contributed by atoms with E-state index in [2.05, 4.69) is 63.3 Å². The first-order valence-corrected chi connectivity index (χ1v) is 8.72. The summed E-state index contributed by atoms with van der Waals surface area (Å²) in [6.07, 6.45) is 3.44. The first kappa shape index (κ1) is 16.1. The lowest BCUT2D eigenvalue weighted by atomic mass is 9.83. The maximum absolute atomic E-state index is 5.07. The molecule has 2 heterocycles. The first-order valence-electron chi connectivity index (χ1n) is 8.72. The molecule has 23 heavy (non-hydrogen) atoms. The molecule has 1 aromatic carbocycles. The summed E-state index contributed by atoms with van der Waals surface area (Å²) in [5, 5.41) is 0. The van der Waals surface area contributed by atoms with Crippen LogP contribution in [0.1, 0.15) is 50.3 Å². The van der Waals surface area contributed by atoms with Crippen LogP contribution in [0.15, 0.2) is 23.7 Å². The van der Waals surface area contributed by atoms with E-state index in [1.165, 1.54) is 29.5 Å². The van der Waals surface area contributed by atoms with Gasteiger partial charge < -0.3 is 9.80 Å². The number of guanidine groups is 1. The number of hydrogen-bond acceptors (Lipinski definition) is 3. The van der Waals surface area contributed by atoms with Gasteiger partial charge in [-0.3, -0.25) is 0 Å². The average molecular weight is 311 g/mol. The molecule has 1 saturated heterocycles. The molecule has 3 heteroatoms. The molecule has 0 bridgehead atoms. The SMILES string of the molecule is C=C1c2cc(C)cc(CC)c2N=C(N2CCC(C)(C)CC2)N1C. The van der Waals surface area contributed by atoms with E-state index in [-0.39, 0.29) is 0 Å². The van der Waals surface area contributed by atoms with Crippen LogP contribution in [0, 0.1) is 12.3 Å². The van der Waals surface area contributed by atoms with E-state index < -0.39 is 0 Å². The van der Waals surface area contributed by atoms with Crippen molar-refractivity contribution in [3.8, 4) is 0 Å². The first-order chi connectivity index (χ1) is 10.8. The number of benzene rings is 1. The fraction of sp³-hybridized carbons (Fsp3) is 0.550. The van der Waals surface area contributed by atoms with Crippen molar-refractivity contribution in [2.75, 3.05) is 20.1 Å². The monoisotopic (exact) mass is 311 g/mol. The molecule has 1 fully saturated rings. The van der Waals surface area contributed by atoms with Crippen LogP contribution < -0.4 is 0 Å². The molecular weight excluding hydrogens is 282 g/mol. The van der Waals surface area contributed by atoms with E-state index in [1.54, 1.807) is 0 Å². The largest absolute Gasteiger partial charge is 0.342 e. The molecule has 1 aromatic rings. The molecule has 0 saturated carbocycles. The summed E-state index contributed by atoms with van der Waals surface area (Å²) in [5.41, 5.74) is 6.43. The maximum Gasteiger partial charge on any atom is 0.206 e. The number of aliphatic imine (C=N–C) groups is 1. The van der Waals surface area contributed by atoms with Gasteiger partial charge in [-0.2, -0.15) is 0 Å². The summed E-state index contributed by atoms with van der Waals surface area (Å²) in [6, 6.07) is 4.48. The molecule has 2 aliphatic heterocycles. The maximum atomic E-state index is 5.07. The van der Waals surface area contributed by atoms with E-state index >= 15 is 0 Å². The number of nitrogens with zero attached hydrogens (tertiary/aromatic N) is 3. The summed E-state index contributed by atoms with van der Waals surface area (Å²) < 4.78 is 0. The van der Waals surface area contributed by atoms with Gasteiger partial charge in [0.1, 0.15) is 0 Å². The summed E-state index contributed by atoms with van der Waals surface area (Å²) in [6.45, 7) is 15.6. The normalized spacial score (nSPS) is 20.4. The van der Waals surface area contributed by atoms with Gasteiger partial charge in [-0.1, -0.05) is 39.0 Å². The van der Waals surface area contributed by atoms with Gasteiger partial charge in [0.05, 0.1) is 5.69 Å². The Morgan fingerprint density at radius 2 is 1.87 bits per heavy atom. The second-order valence-corrected chi connectivity index (χ2v) is 7.74. The van der Waals surface area contributed by atoms with Crippen molar-refractivity contribution in [2.24, 2.45) is 10.4 Å². The van der Waals surface area contributed by atoms with Crippen molar-refractivity contribution in [1.82, 2.24) is 9.80 Å². The molecule has 0 unspecified atom stereocenters. The average Bonchev–Trinajstić information content (AvgIpc) is 2.51. The van der Waals surface area contributed by atoms with E-state index in [1.807, 2.05) is 0 Å². The number of likely N-dealkylation sites (tertiary alicyclic amines) is 1. The smallest absolute Gasteiger partial charge is 0.206 e. The zero-order valence-electron chi connectivity index (χ0n) is 15.2. The van der Waals surface area contributed by atoms with Gasteiger partial charge in [0.25, 0.3) is 0 Å². The second-order valence-electron chi connectivity index (χ2n) is 7.74. The highest BCUT2D eigenvalue weighted by Crippen LogP contribution is 2.38. The Labute approximate surface area is 140 Å². The van der Waals surface area contributed by atoms with E-state index in [0.29, 0.717) is 5.41 Å². The minimum absolute atomic E-state index is 0.449. The van der Waals surface area contributed by atoms with Crippen molar-refractivity contribution in [3.63, 3.8) is 0 Å². The van der Waals surface area contributed by atoms with E-state index in [9.17, 15) is 0 Å².